The number of halogens is 1. The van der Waals surface area contributed by atoms with Crippen LogP contribution in [-0.2, 0) is 11.3 Å². The summed E-state index contributed by atoms with van der Waals surface area (Å²) in [5.41, 5.74) is 0.955. The van der Waals surface area contributed by atoms with Crippen LogP contribution in [0.25, 0.3) is 0 Å². The molecule has 1 saturated heterocycles. The van der Waals surface area contributed by atoms with Crippen LogP contribution < -0.4 is 39.1 Å². The normalized spacial score (nSPS) is 18.3. The number of carbonyl (C=O) groups is 3. The highest BCUT2D eigenvalue weighted by Gasteiger charge is 2.36. The summed E-state index contributed by atoms with van der Waals surface area (Å²) in [4.78, 5) is 41.5. The number of amides is 3. The maximum atomic E-state index is 14.6. The van der Waals surface area contributed by atoms with Gasteiger partial charge in [0.15, 0.2) is 29.6 Å². The van der Waals surface area contributed by atoms with Crippen LogP contribution in [0.5, 0.6) is 34.5 Å². The molecule has 2 N–H and O–H groups in total. The van der Waals surface area contributed by atoms with Crippen molar-refractivity contribution in [2.45, 2.75) is 25.1 Å². The zero-order chi connectivity index (χ0) is 32.1. The second-order valence-electron chi connectivity index (χ2n) is 10.4. The molecule has 1 fully saturated rings. The molecule has 0 spiro atoms. The van der Waals surface area contributed by atoms with E-state index in [1.54, 1.807) is 35.2 Å². The molecule has 0 saturated carbocycles. The molecular weight excluding hydrogens is 589 g/mol. The summed E-state index contributed by atoms with van der Waals surface area (Å²) in [7, 11) is 5.81. The van der Waals surface area contributed by atoms with Gasteiger partial charge in [0.25, 0.3) is 17.7 Å². The summed E-state index contributed by atoms with van der Waals surface area (Å²) in [6.45, 7) is 0.0197. The van der Waals surface area contributed by atoms with Crippen molar-refractivity contribution in [3.8, 4) is 34.5 Å². The van der Waals surface area contributed by atoms with Crippen LogP contribution in [0.2, 0.25) is 0 Å². The molecular formula is C32H34FN3O9. The quantitative estimate of drug-likeness (QED) is 0.440. The van der Waals surface area contributed by atoms with Gasteiger partial charge in [-0.25, -0.2) is 4.39 Å². The van der Waals surface area contributed by atoms with Gasteiger partial charge in [0.05, 0.1) is 40.0 Å². The molecule has 2 aliphatic rings. The number of rotatable bonds is 5. The predicted octanol–water partition coefficient (Wildman–Crippen LogP) is 2.96. The van der Waals surface area contributed by atoms with Gasteiger partial charge in [0, 0.05) is 37.7 Å². The smallest absolute Gasteiger partial charge is 0.258 e. The van der Waals surface area contributed by atoms with E-state index < -0.39 is 29.8 Å². The molecule has 45 heavy (non-hydrogen) atoms. The Kier molecular flexibility index (Phi) is 9.45. The Hall–Kier alpha value is -5.20. The third-order valence-corrected chi connectivity index (χ3v) is 7.58. The third kappa shape index (κ3) is 6.82. The minimum absolute atomic E-state index is 0.0355. The van der Waals surface area contributed by atoms with Gasteiger partial charge in [0.2, 0.25) is 5.75 Å². The van der Waals surface area contributed by atoms with Crippen LogP contribution in [0, 0.1) is 5.82 Å². The molecule has 2 atom stereocenters. The van der Waals surface area contributed by atoms with E-state index in [1.807, 2.05) is 0 Å². The molecule has 2 aliphatic heterocycles. The molecule has 0 radical (unpaired) electrons. The molecule has 5 rings (SSSR count). The number of hydrogen-bond acceptors (Lipinski definition) is 9. The van der Waals surface area contributed by atoms with Gasteiger partial charge in [-0.1, -0.05) is 0 Å². The van der Waals surface area contributed by atoms with Crippen LogP contribution in [-0.4, -0.2) is 82.9 Å². The molecule has 12 nitrogen and oxygen atoms in total. The Labute approximate surface area is 259 Å². The van der Waals surface area contributed by atoms with Crippen molar-refractivity contribution in [3.63, 3.8) is 0 Å². The van der Waals surface area contributed by atoms with Crippen molar-refractivity contribution in [2.75, 3.05) is 48.1 Å². The minimum atomic E-state index is -0.702. The Balaban J connectivity index is 1.49. The van der Waals surface area contributed by atoms with E-state index in [-0.39, 0.29) is 66.3 Å². The summed E-state index contributed by atoms with van der Waals surface area (Å²) in [6.07, 6.45) is -0.317. The molecule has 2 heterocycles. The van der Waals surface area contributed by atoms with Crippen molar-refractivity contribution in [1.29, 1.82) is 0 Å². The number of piperidine rings is 1. The highest BCUT2D eigenvalue weighted by molar-refractivity contribution is 5.99. The summed E-state index contributed by atoms with van der Waals surface area (Å²) >= 11 is 0. The number of benzene rings is 3. The van der Waals surface area contributed by atoms with E-state index in [4.69, 9.17) is 28.4 Å². The summed E-state index contributed by atoms with van der Waals surface area (Å²) in [6, 6.07) is 11.2. The van der Waals surface area contributed by atoms with E-state index >= 15 is 0 Å². The third-order valence-electron chi connectivity index (χ3n) is 7.58. The van der Waals surface area contributed by atoms with Crippen LogP contribution in [0.15, 0.2) is 48.5 Å². The van der Waals surface area contributed by atoms with Gasteiger partial charge >= 0.3 is 0 Å². The number of nitrogens with zero attached hydrogens (tertiary/aromatic N) is 1. The standard InChI is InChI=1S/C32H34FN3O9/c1-40-25-7-5-19-13-27(25)44-17-28(37)34-15-18-11-20(33)14-21(12-18)45-24-9-10-36(16-23(24)35-31(19)38)32(39)22-6-8-26(41-2)30(43-4)29(22)42-3/h5-8,11-14,23-24H,9-10,15-17H2,1-4H3,(H,34,37)(H,35,38)/t23-,24+/m0/s1. The van der Waals surface area contributed by atoms with Crippen molar-refractivity contribution in [1.82, 2.24) is 15.5 Å². The maximum Gasteiger partial charge on any atom is 0.258 e. The second-order valence-corrected chi connectivity index (χ2v) is 10.4. The lowest BCUT2D eigenvalue weighted by Gasteiger charge is -2.39. The first-order valence-electron chi connectivity index (χ1n) is 14.2. The van der Waals surface area contributed by atoms with Gasteiger partial charge in [-0.3, -0.25) is 14.4 Å². The van der Waals surface area contributed by atoms with Crippen molar-refractivity contribution >= 4 is 17.7 Å². The molecule has 238 valence electrons. The predicted molar refractivity (Wildman–Crippen MR) is 159 cm³/mol. The molecule has 0 unspecified atom stereocenters. The summed E-state index contributed by atoms with van der Waals surface area (Å²) < 4.78 is 48.2. The maximum absolute atomic E-state index is 14.6. The zero-order valence-electron chi connectivity index (χ0n) is 25.3. The molecule has 3 aromatic carbocycles. The fourth-order valence-corrected chi connectivity index (χ4v) is 5.38. The average Bonchev–Trinajstić information content (AvgIpc) is 3.05. The number of fused-ring (bicyclic) bond motifs is 5. The minimum Gasteiger partial charge on any atom is -0.493 e. The van der Waals surface area contributed by atoms with E-state index in [9.17, 15) is 18.8 Å². The fraction of sp³-hybridized carbons (Fsp3) is 0.344. The first-order chi connectivity index (χ1) is 21.7. The molecule has 3 aromatic rings. The fourth-order valence-electron chi connectivity index (χ4n) is 5.38. The molecule has 0 aromatic heterocycles. The van der Waals surface area contributed by atoms with Gasteiger partial charge in [-0.2, -0.15) is 0 Å². The largest absolute Gasteiger partial charge is 0.493 e. The molecule has 3 amide bonds. The monoisotopic (exact) mass is 623 g/mol. The Bertz CT molecular complexity index is 1600. The van der Waals surface area contributed by atoms with E-state index in [2.05, 4.69) is 10.6 Å². The number of likely N-dealkylation sites (tertiary alicyclic amines) is 1. The highest BCUT2D eigenvalue weighted by Crippen LogP contribution is 2.40. The SMILES string of the molecule is COc1ccc2cc1OCC(=O)NCc1cc(F)cc(c1)O[C@@H]1CCN(C(=O)c3ccc(OC)c(OC)c3OC)C[C@@H]1NC2=O. The van der Waals surface area contributed by atoms with E-state index in [0.29, 0.717) is 23.5 Å². The average molecular weight is 624 g/mol. The molecule has 13 heteroatoms. The number of methoxy groups -OCH3 is 4. The molecule has 0 aliphatic carbocycles. The van der Waals surface area contributed by atoms with E-state index in [1.165, 1.54) is 46.6 Å². The van der Waals surface area contributed by atoms with Gasteiger partial charge in [-0.05, 0) is 48.0 Å². The van der Waals surface area contributed by atoms with Crippen LogP contribution in [0.1, 0.15) is 32.7 Å². The summed E-state index contributed by atoms with van der Waals surface area (Å²) in [5, 5.41) is 5.67. The first kappa shape index (κ1) is 31.2. The van der Waals surface area contributed by atoms with Crippen LogP contribution in [0.3, 0.4) is 0 Å². The van der Waals surface area contributed by atoms with Crippen molar-refractivity contribution < 1.29 is 47.2 Å². The lowest BCUT2D eigenvalue weighted by molar-refractivity contribution is -0.123. The van der Waals surface area contributed by atoms with E-state index in [0.717, 1.165) is 0 Å². The van der Waals surface area contributed by atoms with Crippen molar-refractivity contribution in [2.24, 2.45) is 0 Å². The Morgan fingerprint density at radius 2 is 1.69 bits per heavy atom. The lowest BCUT2D eigenvalue weighted by atomic mass is 9.99. The summed E-state index contributed by atoms with van der Waals surface area (Å²) in [5.74, 6) is -0.197. The number of ether oxygens (including phenoxy) is 6. The topological polar surface area (TPSA) is 134 Å². The van der Waals surface area contributed by atoms with Gasteiger partial charge < -0.3 is 44.0 Å². The molecule has 4 bridgehead atoms. The Morgan fingerprint density at radius 3 is 2.42 bits per heavy atom. The van der Waals surface area contributed by atoms with Gasteiger partial charge in [-0.15, -0.1) is 0 Å². The Morgan fingerprint density at radius 1 is 0.933 bits per heavy atom. The number of carbonyl (C=O) groups excluding carboxylic acids is 3. The van der Waals surface area contributed by atoms with Crippen molar-refractivity contribution in [3.05, 3.63) is 71.0 Å². The number of hydrogen-bond donors (Lipinski definition) is 2. The number of nitrogens with one attached hydrogen (secondary N) is 2. The van der Waals surface area contributed by atoms with Crippen LogP contribution >= 0.6 is 0 Å². The highest BCUT2D eigenvalue weighted by atomic mass is 19.1. The lowest BCUT2D eigenvalue weighted by Crippen LogP contribution is -2.58. The van der Waals surface area contributed by atoms with Crippen LogP contribution in [0.4, 0.5) is 4.39 Å². The zero-order valence-corrected chi connectivity index (χ0v) is 25.3. The first-order valence-corrected chi connectivity index (χ1v) is 14.2. The second kappa shape index (κ2) is 13.6. The van der Waals surface area contributed by atoms with Gasteiger partial charge in [0.1, 0.15) is 17.7 Å².